The Bertz CT molecular complexity index is 1080. The quantitative estimate of drug-likeness (QED) is 0.535. The SMILES string of the molecule is O=c1c2ccccc2nc2n1CCC2Cc1ccc(OCCCN2CCCCC2)cc1. The molecule has 1 unspecified atom stereocenters. The first-order chi connectivity index (χ1) is 15.3. The van der Waals surface area contributed by atoms with Crippen molar-refractivity contribution in [2.24, 2.45) is 0 Å². The first kappa shape index (κ1) is 20.3. The Hall–Kier alpha value is -2.66. The average Bonchev–Trinajstić information content (AvgIpc) is 3.21. The van der Waals surface area contributed by atoms with E-state index in [1.54, 1.807) is 0 Å². The van der Waals surface area contributed by atoms with E-state index in [4.69, 9.17) is 9.72 Å². The molecule has 2 aromatic carbocycles. The minimum absolute atomic E-state index is 0.0939. The summed E-state index contributed by atoms with van der Waals surface area (Å²) in [5.41, 5.74) is 2.16. The number of fused-ring (bicyclic) bond motifs is 2. The number of piperidine rings is 1. The Balaban J connectivity index is 1.18. The molecule has 2 aliphatic rings. The molecule has 1 atom stereocenters. The molecule has 1 aromatic heterocycles. The van der Waals surface area contributed by atoms with Crippen molar-refractivity contribution in [2.75, 3.05) is 26.2 Å². The van der Waals surface area contributed by atoms with Crippen LogP contribution in [0.1, 0.15) is 49.4 Å². The Morgan fingerprint density at radius 1 is 0.968 bits per heavy atom. The van der Waals surface area contributed by atoms with E-state index in [2.05, 4.69) is 29.2 Å². The van der Waals surface area contributed by atoms with Crippen molar-refractivity contribution in [1.29, 1.82) is 0 Å². The Morgan fingerprint density at radius 3 is 2.61 bits per heavy atom. The summed E-state index contributed by atoms with van der Waals surface area (Å²) >= 11 is 0. The molecule has 0 saturated carbocycles. The maximum absolute atomic E-state index is 12.8. The second-order valence-corrected chi connectivity index (χ2v) is 8.88. The Morgan fingerprint density at radius 2 is 1.77 bits per heavy atom. The number of hydrogen-bond acceptors (Lipinski definition) is 4. The lowest BCUT2D eigenvalue weighted by molar-refractivity contribution is 0.205. The fraction of sp³-hybridized carbons (Fsp3) is 0.462. The van der Waals surface area contributed by atoms with E-state index >= 15 is 0 Å². The first-order valence-electron chi connectivity index (χ1n) is 11.7. The van der Waals surface area contributed by atoms with E-state index in [0.717, 1.165) is 56.0 Å². The molecular weight excluding hydrogens is 386 g/mol. The molecule has 0 amide bonds. The van der Waals surface area contributed by atoms with Gasteiger partial charge in [-0.3, -0.25) is 9.36 Å². The summed E-state index contributed by atoms with van der Waals surface area (Å²) in [5.74, 6) is 2.16. The predicted octanol–water partition coefficient (Wildman–Crippen LogP) is 4.38. The van der Waals surface area contributed by atoms with E-state index in [-0.39, 0.29) is 11.5 Å². The lowest BCUT2D eigenvalue weighted by Gasteiger charge is -2.26. The van der Waals surface area contributed by atoms with E-state index in [1.165, 1.54) is 37.9 Å². The highest BCUT2D eigenvalue weighted by atomic mass is 16.5. The summed E-state index contributed by atoms with van der Waals surface area (Å²) in [4.78, 5) is 20.2. The largest absolute Gasteiger partial charge is 0.494 e. The van der Waals surface area contributed by atoms with Gasteiger partial charge in [0.1, 0.15) is 11.6 Å². The van der Waals surface area contributed by atoms with Crippen LogP contribution in [0.2, 0.25) is 0 Å². The summed E-state index contributed by atoms with van der Waals surface area (Å²) in [5, 5.41) is 0.716. The van der Waals surface area contributed by atoms with Crippen LogP contribution in [0, 0.1) is 0 Å². The number of para-hydroxylation sites is 1. The van der Waals surface area contributed by atoms with E-state index < -0.39 is 0 Å². The van der Waals surface area contributed by atoms with Gasteiger partial charge in [-0.05, 0) is 75.0 Å². The predicted molar refractivity (Wildman–Crippen MR) is 124 cm³/mol. The highest BCUT2D eigenvalue weighted by Crippen LogP contribution is 2.30. The summed E-state index contributed by atoms with van der Waals surface area (Å²) in [6, 6.07) is 16.1. The maximum atomic E-state index is 12.8. The number of nitrogens with zero attached hydrogens (tertiary/aromatic N) is 3. The minimum atomic E-state index is 0.0939. The smallest absolute Gasteiger partial charge is 0.261 e. The van der Waals surface area contributed by atoms with Gasteiger partial charge < -0.3 is 9.64 Å². The molecule has 0 N–H and O–H groups in total. The van der Waals surface area contributed by atoms with Gasteiger partial charge in [0, 0.05) is 19.0 Å². The van der Waals surface area contributed by atoms with Gasteiger partial charge in [0.2, 0.25) is 0 Å². The lowest BCUT2D eigenvalue weighted by atomic mass is 9.97. The van der Waals surface area contributed by atoms with Crippen LogP contribution in [-0.4, -0.2) is 40.7 Å². The molecule has 1 fully saturated rings. The number of likely N-dealkylation sites (tertiary alicyclic amines) is 1. The summed E-state index contributed by atoms with van der Waals surface area (Å²) in [7, 11) is 0. The third-order valence-corrected chi connectivity index (χ3v) is 6.70. The lowest BCUT2D eigenvalue weighted by Crippen LogP contribution is -2.31. The molecule has 0 bridgehead atoms. The maximum Gasteiger partial charge on any atom is 0.261 e. The van der Waals surface area contributed by atoms with Gasteiger partial charge in [-0.1, -0.05) is 30.7 Å². The molecule has 162 valence electrons. The van der Waals surface area contributed by atoms with Gasteiger partial charge >= 0.3 is 0 Å². The fourth-order valence-electron chi connectivity index (χ4n) is 4.99. The highest BCUT2D eigenvalue weighted by molar-refractivity contribution is 5.77. The molecule has 1 saturated heterocycles. The van der Waals surface area contributed by atoms with E-state index in [9.17, 15) is 4.79 Å². The van der Waals surface area contributed by atoms with E-state index in [0.29, 0.717) is 5.39 Å². The van der Waals surface area contributed by atoms with Gasteiger partial charge in [0.25, 0.3) is 5.56 Å². The van der Waals surface area contributed by atoms with Crippen molar-refractivity contribution in [3.05, 3.63) is 70.3 Å². The molecular formula is C26H31N3O2. The minimum Gasteiger partial charge on any atom is -0.494 e. The third kappa shape index (κ3) is 4.52. The average molecular weight is 418 g/mol. The monoisotopic (exact) mass is 417 g/mol. The third-order valence-electron chi connectivity index (χ3n) is 6.70. The van der Waals surface area contributed by atoms with Gasteiger partial charge in [0.05, 0.1) is 17.5 Å². The molecule has 31 heavy (non-hydrogen) atoms. The number of ether oxygens (including phenoxy) is 1. The van der Waals surface area contributed by atoms with Crippen LogP contribution in [0.3, 0.4) is 0 Å². The van der Waals surface area contributed by atoms with Gasteiger partial charge in [-0.15, -0.1) is 0 Å². The molecule has 5 rings (SSSR count). The number of benzene rings is 2. The van der Waals surface area contributed by atoms with Crippen molar-refractivity contribution in [3.63, 3.8) is 0 Å². The standard InChI is InChI=1S/C26H31N3O2/c30-26-23-7-2-3-8-24(23)27-25-21(13-17-29(25)26)19-20-9-11-22(12-10-20)31-18-6-16-28-14-4-1-5-15-28/h2-3,7-12,21H,1,4-6,13-19H2. The van der Waals surface area contributed by atoms with Crippen LogP contribution in [0.15, 0.2) is 53.3 Å². The summed E-state index contributed by atoms with van der Waals surface area (Å²) < 4.78 is 7.83. The first-order valence-corrected chi connectivity index (χ1v) is 11.7. The molecule has 5 nitrogen and oxygen atoms in total. The van der Waals surface area contributed by atoms with Crippen LogP contribution in [0.25, 0.3) is 10.9 Å². The Kier molecular flexibility index (Phi) is 6.03. The molecule has 2 aliphatic heterocycles. The summed E-state index contributed by atoms with van der Waals surface area (Å²) in [6.45, 7) is 5.16. The van der Waals surface area contributed by atoms with Crippen molar-refractivity contribution in [3.8, 4) is 5.75 Å². The van der Waals surface area contributed by atoms with Crippen LogP contribution in [0.4, 0.5) is 0 Å². The van der Waals surface area contributed by atoms with Crippen molar-refractivity contribution in [1.82, 2.24) is 14.5 Å². The van der Waals surface area contributed by atoms with Crippen molar-refractivity contribution >= 4 is 10.9 Å². The molecule has 5 heteroatoms. The number of hydrogen-bond donors (Lipinski definition) is 0. The van der Waals surface area contributed by atoms with Gasteiger partial charge in [-0.2, -0.15) is 0 Å². The zero-order chi connectivity index (χ0) is 21.0. The van der Waals surface area contributed by atoms with Crippen molar-refractivity contribution in [2.45, 2.75) is 51.0 Å². The topological polar surface area (TPSA) is 47.4 Å². The van der Waals surface area contributed by atoms with Crippen LogP contribution < -0.4 is 10.3 Å². The van der Waals surface area contributed by atoms with Crippen molar-refractivity contribution < 1.29 is 4.74 Å². The second-order valence-electron chi connectivity index (χ2n) is 8.88. The zero-order valence-corrected chi connectivity index (χ0v) is 18.1. The fourth-order valence-corrected chi connectivity index (χ4v) is 4.99. The molecule has 0 spiro atoms. The summed E-state index contributed by atoms with van der Waals surface area (Å²) in [6.07, 6.45) is 7.01. The van der Waals surface area contributed by atoms with Crippen LogP contribution in [0.5, 0.6) is 5.75 Å². The second kappa shape index (κ2) is 9.23. The van der Waals surface area contributed by atoms with Gasteiger partial charge in [-0.25, -0.2) is 4.98 Å². The Labute approximate surface area is 183 Å². The van der Waals surface area contributed by atoms with E-state index in [1.807, 2.05) is 28.8 Å². The highest BCUT2D eigenvalue weighted by Gasteiger charge is 2.26. The normalized spacial score (nSPS) is 18.9. The number of rotatable bonds is 7. The molecule has 0 aliphatic carbocycles. The molecule has 0 radical (unpaired) electrons. The zero-order valence-electron chi connectivity index (χ0n) is 18.1. The molecule has 3 aromatic rings. The van der Waals surface area contributed by atoms with Crippen LogP contribution in [-0.2, 0) is 13.0 Å². The van der Waals surface area contributed by atoms with Gasteiger partial charge in [0.15, 0.2) is 0 Å². The number of aromatic nitrogens is 2. The molecule has 3 heterocycles. The van der Waals surface area contributed by atoms with Crippen LogP contribution >= 0.6 is 0 Å².